The van der Waals surface area contributed by atoms with Gasteiger partial charge >= 0.3 is 0 Å². The van der Waals surface area contributed by atoms with Gasteiger partial charge in [-0.25, -0.2) is 12.8 Å². The van der Waals surface area contributed by atoms with E-state index in [1.165, 1.54) is 22.7 Å². The van der Waals surface area contributed by atoms with Crippen LogP contribution in [0.1, 0.15) is 5.69 Å². The van der Waals surface area contributed by atoms with E-state index in [9.17, 15) is 12.8 Å². The molecule has 0 saturated carbocycles. The minimum Gasteiger partial charge on any atom is -0.461 e. The number of benzene rings is 2. The van der Waals surface area contributed by atoms with Crippen molar-refractivity contribution in [2.75, 3.05) is 4.31 Å². The molecule has 6 nitrogen and oxygen atoms in total. The van der Waals surface area contributed by atoms with Crippen molar-refractivity contribution in [3.05, 3.63) is 90.6 Å². The molecule has 0 unspecified atom stereocenters. The third-order valence-electron chi connectivity index (χ3n) is 4.07. The van der Waals surface area contributed by atoms with Crippen LogP contribution in [-0.4, -0.2) is 13.6 Å². The summed E-state index contributed by atoms with van der Waals surface area (Å²) in [4.78, 5) is -0.0208. The Labute approximate surface area is 160 Å². The molecule has 0 aliphatic carbocycles. The average Bonchev–Trinajstić information content (AvgIpc) is 3.39. The highest BCUT2D eigenvalue weighted by molar-refractivity contribution is 7.92. The Hall–Kier alpha value is -3.39. The van der Waals surface area contributed by atoms with E-state index in [0.717, 1.165) is 12.1 Å². The van der Waals surface area contributed by atoms with Crippen LogP contribution in [0.3, 0.4) is 0 Å². The third kappa shape index (κ3) is 3.54. The number of hydrogen-bond donors (Lipinski definition) is 0. The smallest absolute Gasteiger partial charge is 0.264 e. The summed E-state index contributed by atoms with van der Waals surface area (Å²) in [6.07, 6.45) is 1.51. The second-order valence-corrected chi connectivity index (χ2v) is 7.82. The highest BCUT2D eigenvalue weighted by Crippen LogP contribution is 2.27. The van der Waals surface area contributed by atoms with Crippen LogP contribution in [-0.2, 0) is 16.6 Å². The molecule has 0 bridgehead atoms. The van der Waals surface area contributed by atoms with Crippen LogP contribution >= 0.6 is 0 Å². The lowest BCUT2D eigenvalue weighted by Crippen LogP contribution is -2.30. The minimum absolute atomic E-state index is 0.0208. The summed E-state index contributed by atoms with van der Waals surface area (Å²) in [6, 6.07) is 18.4. The first-order chi connectivity index (χ1) is 13.5. The molecule has 0 radical (unpaired) electrons. The minimum atomic E-state index is -3.95. The highest BCUT2D eigenvalue weighted by atomic mass is 32.2. The molecule has 0 N–H and O–H groups in total. The monoisotopic (exact) mass is 398 g/mol. The van der Waals surface area contributed by atoms with E-state index in [4.69, 9.17) is 8.94 Å². The zero-order chi connectivity index (χ0) is 19.6. The van der Waals surface area contributed by atoms with Crippen LogP contribution in [0, 0.1) is 5.82 Å². The Morgan fingerprint density at radius 1 is 0.929 bits per heavy atom. The Morgan fingerprint density at radius 3 is 2.36 bits per heavy atom. The first-order valence-electron chi connectivity index (χ1n) is 8.37. The highest BCUT2D eigenvalue weighted by Gasteiger charge is 2.26. The standard InChI is InChI=1S/C20H15FN2O4S/c21-15-8-10-18(11-9-15)28(24,25)23(17-5-2-1-3-6-17)14-16-13-20(27-22-16)19-7-4-12-26-19/h1-13H,14H2. The SMILES string of the molecule is O=S(=O)(c1ccc(F)cc1)N(Cc1cc(-c2ccco2)on1)c1ccccc1. The molecule has 0 atom stereocenters. The van der Waals surface area contributed by atoms with E-state index in [0.29, 0.717) is 22.9 Å². The molecule has 0 spiro atoms. The van der Waals surface area contributed by atoms with Gasteiger partial charge < -0.3 is 8.94 Å². The fourth-order valence-corrected chi connectivity index (χ4v) is 4.15. The molecule has 0 aliphatic rings. The van der Waals surface area contributed by atoms with Crippen molar-refractivity contribution >= 4 is 15.7 Å². The number of para-hydroxylation sites is 1. The number of furan rings is 1. The van der Waals surface area contributed by atoms with Gasteiger partial charge in [0.2, 0.25) is 5.76 Å². The Morgan fingerprint density at radius 2 is 1.68 bits per heavy atom. The van der Waals surface area contributed by atoms with Gasteiger partial charge in [0.25, 0.3) is 10.0 Å². The summed E-state index contributed by atoms with van der Waals surface area (Å²) in [5.41, 5.74) is 0.857. The molecule has 2 aromatic carbocycles. The maximum Gasteiger partial charge on any atom is 0.264 e. The fraction of sp³-hybridized carbons (Fsp3) is 0.0500. The predicted molar refractivity (Wildman–Crippen MR) is 100 cm³/mol. The number of sulfonamides is 1. The molecule has 0 saturated heterocycles. The number of nitrogens with zero attached hydrogens (tertiary/aromatic N) is 2. The molecule has 2 aromatic heterocycles. The summed E-state index contributed by atoms with van der Waals surface area (Å²) in [6.45, 7) is -0.0616. The lowest BCUT2D eigenvalue weighted by atomic mass is 10.3. The largest absolute Gasteiger partial charge is 0.461 e. The van der Waals surface area contributed by atoms with Crippen LogP contribution in [0.5, 0.6) is 0 Å². The molecule has 0 aliphatic heterocycles. The lowest BCUT2D eigenvalue weighted by Gasteiger charge is -2.23. The molecule has 0 amide bonds. The molecular weight excluding hydrogens is 383 g/mol. The van der Waals surface area contributed by atoms with E-state index in [2.05, 4.69) is 5.16 Å². The Bertz CT molecular complexity index is 1150. The molecular formula is C20H15FN2O4S. The van der Waals surface area contributed by atoms with Crippen LogP contribution in [0.4, 0.5) is 10.1 Å². The van der Waals surface area contributed by atoms with Crippen LogP contribution in [0.2, 0.25) is 0 Å². The maximum absolute atomic E-state index is 13.2. The van der Waals surface area contributed by atoms with Crippen molar-refractivity contribution in [2.45, 2.75) is 11.4 Å². The van der Waals surface area contributed by atoms with Crippen molar-refractivity contribution in [1.82, 2.24) is 5.16 Å². The molecule has 4 aromatic rings. The zero-order valence-corrected chi connectivity index (χ0v) is 15.3. The van der Waals surface area contributed by atoms with Gasteiger partial charge in [0.15, 0.2) is 5.76 Å². The summed E-state index contributed by atoms with van der Waals surface area (Å²) in [5.74, 6) is 0.378. The quantitative estimate of drug-likeness (QED) is 0.479. The summed E-state index contributed by atoms with van der Waals surface area (Å²) in [5, 5.41) is 3.96. The van der Waals surface area contributed by atoms with Crippen molar-refractivity contribution in [2.24, 2.45) is 0 Å². The van der Waals surface area contributed by atoms with E-state index < -0.39 is 15.8 Å². The summed E-state index contributed by atoms with van der Waals surface area (Å²) >= 11 is 0. The van der Waals surface area contributed by atoms with Gasteiger partial charge in [-0.05, 0) is 48.5 Å². The Balaban J connectivity index is 1.71. The lowest BCUT2D eigenvalue weighted by molar-refractivity contribution is 0.411. The molecule has 28 heavy (non-hydrogen) atoms. The van der Waals surface area contributed by atoms with E-state index in [1.54, 1.807) is 48.5 Å². The van der Waals surface area contributed by atoms with Gasteiger partial charge in [0.1, 0.15) is 11.5 Å². The van der Waals surface area contributed by atoms with Gasteiger partial charge in [-0.1, -0.05) is 23.4 Å². The van der Waals surface area contributed by atoms with E-state index in [1.807, 2.05) is 0 Å². The van der Waals surface area contributed by atoms with Gasteiger partial charge in [0, 0.05) is 6.07 Å². The Kier molecular flexibility index (Phi) is 4.70. The fourth-order valence-electron chi connectivity index (χ4n) is 2.71. The second-order valence-electron chi connectivity index (χ2n) is 5.96. The number of halogens is 1. The van der Waals surface area contributed by atoms with Crippen LogP contribution < -0.4 is 4.31 Å². The average molecular weight is 398 g/mol. The van der Waals surface area contributed by atoms with Crippen molar-refractivity contribution < 1.29 is 21.7 Å². The van der Waals surface area contributed by atoms with Crippen LogP contribution in [0.15, 0.2) is 92.9 Å². The normalized spacial score (nSPS) is 11.5. The van der Waals surface area contributed by atoms with Crippen molar-refractivity contribution in [3.8, 4) is 11.5 Å². The molecule has 8 heteroatoms. The van der Waals surface area contributed by atoms with Gasteiger partial charge in [0.05, 0.1) is 23.4 Å². The van der Waals surface area contributed by atoms with Crippen molar-refractivity contribution in [1.29, 1.82) is 0 Å². The molecule has 2 heterocycles. The van der Waals surface area contributed by atoms with E-state index in [-0.39, 0.29) is 11.4 Å². The molecule has 142 valence electrons. The predicted octanol–water partition coefficient (Wildman–Crippen LogP) is 4.47. The number of aromatic nitrogens is 1. The third-order valence-corrected chi connectivity index (χ3v) is 5.86. The molecule has 4 rings (SSSR count). The zero-order valence-electron chi connectivity index (χ0n) is 14.5. The summed E-state index contributed by atoms with van der Waals surface area (Å²) in [7, 11) is -3.95. The van der Waals surface area contributed by atoms with Gasteiger partial charge in [-0.2, -0.15) is 0 Å². The first kappa shape index (κ1) is 18.0. The topological polar surface area (TPSA) is 76.6 Å². The number of hydrogen-bond acceptors (Lipinski definition) is 5. The second kappa shape index (κ2) is 7.32. The first-order valence-corrected chi connectivity index (χ1v) is 9.81. The summed E-state index contributed by atoms with van der Waals surface area (Å²) < 4.78 is 51.4. The van der Waals surface area contributed by atoms with Crippen LogP contribution in [0.25, 0.3) is 11.5 Å². The number of rotatable bonds is 6. The van der Waals surface area contributed by atoms with Gasteiger partial charge in [-0.3, -0.25) is 4.31 Å². The van der Waals surface area contributed by atoms with Gasteiger partial charge in [-0.15, -0.1) is 0 Å². The molecule has 0 fully saturated rings. The van der Waals surface area contributed by atoms with E-state index >= 15 is 0 Å². The maximum atomic E-state index is 13.2. The number of anilines is 1. The van der Waals surface area contributed by atoms with Crippen molar-refractivity contribution in [3.63, 3.8) is 0 Å².